The van der Waals surface area contributed by atoms with Gasteiger partial charge in [-0.1, -0.05) is 0 Å². The largest absolute Gasteiger partial charge is 0.416 e. The number of anilines is 2. The lowest BCUT2D eigenvalue weighted by molar-refractivity contribution is -0.137. The molecule has 28 heavy (non-hydrogen) atoms. The van der Waals surface area contributed by atoms with Crippen molar-refractivity contribution in [1.29, 1.82) is 5.26 Å². The molecule has 0 aliphatic heterocycles. The van der Waals surface area contributed by atoms with Crippen LogP contribution >= 0.6 is 0 Å². The van der Waals surface area contributed by atoms with E-state index in [1.54, 1.807) is 10.7 Å². The van der Waals surface area contributed by atoms with Crippen molar-refractivity contribution in [3.63, 3.8) is 0 Å². The van der Waals surface area contributed by atoms with Gasteiger partial charge in [-0.15, -0.1) is 0 Å². The molecule has 1 aliphatic rings. The van der Waals surface area contributed by atoms with Crippen LogP contribution in [0.15, 0.2) is 41.3 Å². The standard InChI is InChI=1S/C19H16F3N5O/c20-19(21,22)12-3-5-13(6-4-12)25-17-16-15(8-10-24-18(16)28)27(26-17)14(7-9-23)11-1-2-11/h3-6,8,10-11,14H,1-2,7H2,(H,24,28)(H,25,26). The molecule has 2 aromatic heterocycles. The van der Waals surface area contributed by atoms with E-state index in [0.29, 0.717) is 22.5 Å². The number of halogens is 3. The molecule has 0 spiro atoms. The van der Waals surface area contributed by atoms with Crippen molar-refractivity contribution in [2.24, 2.45) is 5.92 Å². The van der Waals surface area contributed by atoms with Gasteiger partial charge in [-0.05, 0) is 49.1 Å². The number of nitriles is 1. The molecule has 1 fully saturated rings. The van der Waals surface area contributed by atoms with Crippen molar-refractivity contribution < 1.29 is 13.2 Å². The van der Waals surface area contributed by atoms with Gasteiger partial charge in [-0.25, -0.2) is 0 Å². The summed E-state index contributed by atoms with van der Waals surface area (Å²) in [6, 6.07) is 8.26. The van der Waals surface area contributed by atoms with Gasteiger partial charge >= 0.3 is 6.18 Å². The maximum absolute atomic E-state index is 12.7. The fourth-order valence-electron chi connectivity index (χ4n) is 3.35. The van der Waals surface area contributed by atoms with Crippen LogP contribution in [-0.2, 0) is 6.18 Å². The summed E-state index contributed by atoms with van der Waals surface area (Å²) in [5.74, 6) is 0.584. The predicted molar refractivity (Wildman–Crippen MR) is 97.1 cm³/mol. The molecule has 2 N–H and O–H groups in total. The zero-order valence-electron chi connectivity index (χ0n) is 14.6. The fraction of sp³-hybridized carbons (Fsp3) is 0.316. The minimum absolute atomic E-state index is 0.141. The Kier molecular flexibility index (Phi) is 4.34. The first-order chi connectivity index (χ1) is 13.4. The molecular weight excluding hydrogens is 371 g/mol. The Morgan fingerprint density at radius 2 is 2.00 bits per heavy atom. The second-order valence-corrected chi connectivity index (χ2v) is 6.83. The average Bonchev–Trinajstić information content (AvgIpc) is 3.42. The van der Waals surface area contributed by atoms with Crippen molar-refractivity contribution in [3.8, 4) is 6.07 Å². The Morgan fingerprint density at radius 3 is 2.61 bits per heavy atom. The van der Waals surface area contributed by atoms with Gasteiger partial charge < -0.3 is 10.3 Å². The lowest BCUT2D eigenvalue weighted by Crippen LogP contribution is -2.13. The van der Waals surface area contributed by atoms with Crippen LogP contribution in [0.5, 0.6) is 0 Å². The predicted octanol–water partition coefficient (Wildman–Crippen LogP) is 4.35. The van der Waals surface area contributed by atoms with E-state index in [4.69, 9.17) is 5.26 Å². The Hall–Kier alpha value is -3.28. The van der Waals surface area contributed by atoms with Crippen LogP contribution in [0.4, 0.5) is 24.7 Å². The van der Waals surface area contributed by atoms with Crippen molar-refractivity contribution in [3.05, 3.63) is 52.4 Å². The number of hydrogen-bond donors (Lipinski definition) is 2. The second kappa shape index (κ2) is 6.71. The van der Waals surface area contributed by atoms with Crippen molar-refractivity contribution in [2.75, 3.05) is 5.32 Å². The molecule has 1 atom stereocenters. The normalized spacial score (nSPS) is 15.4. The van der Waals surface area contributed by atoms with Crippen LogP contribution in [0.3, 0.4) is 0 Å². The minimum Gasteiger partial charge on any atom is -0.338 e. The number of hydrogen-bond acceptors (Lipinski definition) is 4. The molecule has 6 nitrogen and oxygen atoms in total. The van der Waals surface area contributed by atoms with Gasteiger partial charge in [-0.2, -0.15) is 23.5 Å². The molecule has 2 heterocycles. The number of nitrogens with zero attached hydrogens (tertiary/aromatic N) is 3. The SMILES string of the molecule is N#CCC(C1CC1)n1nc(Nc2ccc(C(F)(F)F)cc2)c2c(=O)[nH]ccc21. The lowest BCUT2D eigenvalue weighted by atomic mass is 10.1. The summed E-state index contributed by atoms with van der Waals surface area (Å²) in [6.07, 6.45) is -0.634. The van der Waals surface area contributed by atoms with E-state index in [9.17, 15) is 18.0 Å². The van der Waals surface area contributed by atoms with E-state index in [1.165, 1.54) is 18.3 Å². The maximum Gasteiger partial charge on any atom is 0.416 e. The van der Waals surface area contributed by atoms with E-state index >= 15 is 0 Å². The number of rotatable bonds is 5. The molecule has 4 rings (SSSR count). The third-order valence-corrected chi connectivity index (χ3v) is 4.89. The molecule has 1 unspecified atom stereocenters. The molecule has 0 radical (unpaired) electrons. The summed E-state index contributed by atoms with van der Waals surface area (Å²) in [6.45, 7) is 0. The molecular formula is C19H16F3N5O. The number of pyridine rings is 1. The van der Waals surface area contributed by atoms with Gasteiger partial charge in [-0.3, -0.25) is 9.48 Å². The van der Waals surface area contributed by atoms with Crippen LogP contribution in [0.1, 0.15) is 30.9 Å². The third-order valence-electron chi connectivity index (χ3n) is 4.89. The number of aromatic amines is 1. The molecule has 3 aromatic rings. The Bertz CT molecular complexity index is 1100. The van der Waals surface area contributed by atoms with Gasteiger partial charge in [0.15, 0.2) is 5.82 Å². The Morgan fingerprint density at radius 1 is 1.29 bits per heavy atom. The van der Waals surface area contributed by atoms with Crippen molar-refractivity contribution in [2.45, 2.75) is 31.5 Å². The molecule has 1 aromatic carbocycles. The van der Waals surface area contributed by atoms with Crippen molar-refractivity contribution >= 4 is 22.4 Å². The highest BCUT2D eigenvalue weighted by atomic mass is 19.4. The van der Waals surface area contributed by atoms with Gasteiger partial charge in [0.2, 0.25) is 0 Å². The summed E-state index contributed by atoms with van der Waals surface area (Å²) in [5.41, 5.74) is -0.143. The molecule has 1 saturated carbocycles. The van der Waals surface area contributed by atoms with Gasteiger partial charge in [0, 0.05) is 11.9 Å². The summed E-state index contributed by atoms with van der Waals surface area (Å²) >= 11 is 0. The van der Waals surface area contributed by atoms with Crippen LogP contribution in [0, 0.1) is 17.2 Å². The zero-order chi connectivity index (χ0) is 19.9. The molecule has 144 valence electrons. The summed E-state index contributed by atoms with van der Waals surface area (Å²) in [4.78, 5) is 15.0. The number of H-pyrrole nitrogens is 1. The molecule has 0 amide bonds. The van der Waals surface area contributed by atoms with E-state index in [0.717, 1.165) is 25.0 Å². The van der Waals surface area contributed by atoms with Crippen LogP contribution in [0.25, 0.3) is 10.9 Å². The first-order valence-corrected chi connectivity index (χ1v) is 8.79. The summed E-state index contributed by atoms with van der Waals surface area (Å²) < 4.78 is 39.9. The van der Waals surface area contributed by atoms with E-state index in [-0.39, 0.29) is 23.8 Å². The number of nitrogens with one attached hydrogen (secondary N) is 2. The topological polar surface area (TPSA) is 86.5 Å². The second-order valence-electron chi connectivity index (χ2n) is 6.83. The van der Waals surface area contributed by atoms with E-state index < -0.39 is 11.7 Å². The Labute approximate surface area is 157 Å². The fourth-order valence-corrected chi connectivity index (χ4v) is 3.35. The van der Waals surface area contributed by atoms with Crippen LogP contribution < -0.4 is 10.9 Å². The van der Waals surface area contributed by atoms with E-state index in [1.807, 2.05) is 0 Å². The van der Waals surface area contributed by atoms with Crippen molar-refractivity contribution in [1.82, 2.24) is 14.8 Å². The van der Waals surface area contributed by atoms with Gasteiger partial charge in [0.1, 0.15) is 5.39 Å². The minimum atomic E-state index is -4.42. The number of alkyl halides is 3. The monoisotopic (exact) mass is 387 g/mol. The average molecular weight is 387 g/mol. The molecule has 0 bridgehead atoms. The molecule has 9 heteroatoms. The highest BCUT2D eigenvalue weighted by Gasteiger charge is 2.34. The highest BCUT2D eigenvalue weighted by Crippen LogP contribution is 2.43. The Balaban J connectivity index is 1.75. The van der Waals surface area contributed by atoms with Crippen LogP contribution in [0.2, 0.25) is 0 Å². The van der Waals surface area contributed by atoms with Crippen LogP contribution in [-0.4, -0.2) is 14.8 Å². The lowest BCUT2D eigenvalue weighted by Gasteiger charge is -2.14. The summed E-state index contributed by atoms with van der Waals surface area (Å²) in [5, 5.41) is 16.9. The first kappa shape index (κ1) is 18.1. The van der Waals surface area contributed by atoms with E-state index in [2.05, 4.69) is 21.5 Å². The zero-order valence-corrected chi connectivity index (χ0v) is 14.6. The number of aromatic nitrogens is 3. The quantitative estimate of drug-likeness (QED) is 0.681. The maximum atomic E-state index is 12.7. The first-order valence-electron chi connectivity index (χ1n) is 8.79. The number of fused-ring (bicyclic) bond motifs is 1. The highest BCUT2D eigenvalue weighted by molar-refractivity contribution is 5.91. The molecule has 1 aliphatic carbocycles. The smallest absolute Gasteiger partial charge is 0.338 e. The molecule has 0 saturated heterocycles. The number of benzene rings is 1. The third kappa shape index (κ3) is 3.33. The summed E-state index contributed by atoms with van der Waals surface area (Å²) in [7, 11) is 0. The van der Waals surface area contributed by atoms with Gasteiger partial charge in [0.05, 0.1) is 29.6 Å². The van der Waals surface area contributed by atoms with Gasteiger partial charge in [0.25, 0.3) is 5.56 Å².